The van der Waals surface area contributed by atoms with Crippen molar-refractivity contribution in [3.8, 4) is 0 Å². The third-order valence-corrected chi connectivity index (χ3v) is 4.78. The average molecular weight is 363 g/mol. The van der Waals surface area contributed by atoms with Crippen LogP contribution >= 0.6 is 27.5 Å². The third-order valence-electron chi connectivity index (χ3n) is 2.25. The maximum Gasteiger partial charge on any atom is 0.264 e. The summed E-state index contributed by atoms with van der Waals surface area (Å²) in [6.45, 7) is 1.87. The van der Waals surface area contributed by atoms with Gasteiger partial charge in [0, 0.05) is 4.47 Å². The van der Waals surface area contributed by atoms with Crippen molar-refractivity contribution in [2.45, 2.75) is 11.8 Å². The minimum absolute atomic E-state index is 0.108. The standard InChI is InChI=1S/C11H9BrClN3O2S/c1-7-2-3-9(8(12)6-7)19(17,18)16-11-5-4-10(13)14-15-11/h2-6H,1H3,(H,15,16). The van der Waals surface area contributed by atoms with Crippen LogP contribution in [0.1, 0.15) is 5.56 Å². The summed E-state index contributed by atoms with van der Waals surface area (Å²) >= 11 is 8.82. The normalized spacial score (nSPS) is 11.3. The van der Waals surface area contributed by atoms with E-state index >= 15 is 0 Å². The van der Waals surface area contributed by atoms with E-state index in [1.807, 2.05) is 6.92 Å². The molecule has 0 saturated heterocycles. The van der Waals surface area contributed by atoms with Crippen LogP contribution in [-0.4, -0.2) is 18.6 Å². The first kappa shape index (κ1) is 14.2. The molecule has 2 rings (SSSR count). The summed E-state index contributed by atoms with van der Waals surface area (Å²) < 4.78 is 27.2. The summed E-state index contributed by atoms with van der Waals surface area (Å²) in [5.41, 5.74) is 0.956. The van der Waals surface area contributed by atoms with Crippen LogP contribution in [0.2, 0.25) is 5.15 Å². The molecule has 8 heteroatoms. The Morgan fingerprint density at radius 3 is 2.53 bits per heavy atom. The van der Waals surface area contributed by atoms with Gasteiger partial charge in [0.2, 0.25) is 0 Å². The summed E-state index contributed by atoms with van der Waals surface area (Å²) in [5.74, 6) is 0.108. The third kappa shape index (κ3) is 3.43. The van der Waals surface area contributed by atoms with Crippen molar-refractivity contribution in [3.05, 3.63) is 45.5 Å². The Kier molecular flexibility index (Phi) is 4.07. The molecule has 0 atom stereocenters. The van der Waals surface area contributed by atoms with Crippen molar-refractivity contribution in [2.24, 2.45) is 0 Å². The van der Waals surface area contributed by atoms with E-state index in [2.05, 4.69) is 30.8 Å². The molecule has 1 heterocycles. The van der Waals surface area contributed by atoms with E-state index in [9.17, 15) is 8.42 Å². The van der Waals surface area contributed by atoms with Crippen LogP contribution in [0.15, 0.2) is 39.7 Å². The number of benzene rings is 1. The summed E-state index contributed by atoms with van der Waals surface area (Å²) in [4.78, 5) is 0.134. The largest absolute Gasteiger partial charge is 0.264 e. The molecule has 0 unspecified atom stereocenters. The van der Waals surface area contributed by atoms with Crippen molar-refractivity contribution in [3.63, 3.8) is 0 Å². The van der Waals surface area contributed by atoms with Crippen molar-refractivity contribution in [1.82, 2.24) is 10.2 Å². The molecular formula is C11H9BrClN3O2S. The van der Waals surface area contributed by atoms with E-state index < -0.39 is 10.0 Å². The predicted molar refractivity (Wildman–Crippen MR) is 76.7 cm³/mol. The molecule has 1 aromatic heterocycles. The summed E-state index contributed by atoms with van der Waals surface area (Å²) in [6, 6.07) is 7.85. The topological polar surface area (TPSA) is 72.0 Å². The fraction of sp³-hybridized carbons (Fsp3) is 0.0909. The van der Waals surface area contributed by atoms with Crippen molar-refractivity contribution in [1.29, 1.82) is 0 Å². The number of nitrogens with one attached hydrogen (secondary N) is 1. The average Bonchev–Trinajstić information content (AvgIpc) is 2.31. The molecular weight excluding hydrogens is 354 g/mol. The molecule has 0 saturated carbocycles. The van der Waals surface area contributed by atoms with Gasteiger partial charge in [-0.15, -0.1) is 10.2 Å². The molecule has 0 fully saturated rings. The number of hydrogen-bond acceptors (Lipinski definition) is 4. The number of aromatic nitrogens is 2. The van der Waals surface area contributed by atoms with E-state index in [0.717, 1.165) is 5.56 Å². The lowest BCUT2D eigenvalue weighted by Crippen LogP contribution is -2.14. The van der Waals surface area contributed by atoms with Gasteiger partial charge in [-0.1, -0.05) is 17.7 Å². The quantitative estimate of drug-likeness (QED) is 0.911. The lowest BCUT2D eigenvalue weighted by atomic mass is 10.2. The summed E-state index contributed by atoms with van der Waals surface area (Å²) in [6.07, 6.45) is 0. The number of aryl methyl sites for hydroxylation is 1. The number of rotatable bonds is 3. The monoisotopic (exact) mass is 361 g/mol. The fourth-order valence-electron chi connectivity index (χ4n) is 1.39. The van der Waals surface area contributed by atoms with E-state index in [4.69, 9.17) is 11.6 Å². The number of anilines is 1. The zero-order valence-electron chi connectivity index (χ0n) is 9.76. The van der Waals surface area contributed by atoms with Gasteiger partial charge < -0.3 is 0 Å². The molecule has 100 valence electrons. The molecule has 0 aliphatic heterocycles. The zero-order valence-corrected chi connectivity index (χ0v) is 12.9. The van der Waals surface area contributed by atoms with Crippen LogP contribution < -0.4 is 4.72 Å². The molecule has 1 aromatic carbocycles. The van der Waals surface area contributed by atoms with E-state index in [-0.39, 0.29) is 15.9 Å². The van der Waals surface area contributed by atoms with Crippen LogP contribution in [0.25, 0.3) is 0 Å². The fourth-order valence-corrected chi connectivity index (χ4v) is 3.68. The maximum absolute atomic E-state index is 12.2. The predicted octanol–water partition coefficient (Wildman–Crippen LogP) is 3.00. The highest BCUT2D eigenvalue weighted by Crippen LogP contribution is 2.24. The molecule has 0 bridgehead atoms. The lowest BCUT2D eigenvalue weighted by molar-refractivity contribution is 0.600. The van der Waals surface area contributed by atoms with Crippen LogP contribution in [0.3, 0.4) is 0 Å². The minimum atomic E-state index is -3.72. The lowest BCUT2D eigenvalue weighted by Gasteiger charge is -2.09. The molecule has 5 nitrogen and oxygen atoms in total. The number of sulfonamides is 1. The van der Waals surface area contributed by atoms with E-state index in [1.54, 1.807) is 12.1 Å². The molecule has 0 amide bonds. The van der Waals surface area contributed by atoms with Gasteiger partial charge in [0.1, 0.15) is 4.90 Å². The maximum atomic E-state index is 12.2. The highest BCUT2D eigenvalue weighted by molar-refractivity contribution is 9.10. The van der Waals surface area contributed by atoms with Gasteiger partial charge in [-0.2, -0.15) is 0 Å². The second-order valence-electron chi connectivity index (χ2n) is 3.78. The molecule has 2 aromatic rings. The molecule has 1 N–H and O–H groups in total. The van der Waals surface area contributed by atoms with Crippen LogP contribution in [0.5, 0.6) is 0 Å². The smallest absolute Gasteiger partial charge is 0.262 e. The van der Waals surface area contributed by atoms with Crippen LogP contribution in [0, 0.1) is 6.92 Å². The van der Waals surface area contributed by atoms with Gasteiger partial charge in [0.25, 0.3) is 10.0 Å². The number of halogens is 2. The Bertz CT molecular complexity index is 704. The zero-order chi connectivity index (χ0) is 14.0. The first-order chi connectivity index (χ1) is 8.88. The van der Waals surface area contributed by atoms with Gasteiger partial charge in [-0.3, -0.25) is 4.72 Å². The molecule has 0 radical (unpaired) electrons. The van der Waals surface area contributed by atoms with E-state index in [0.29, 0.717) is 4.47 Å². The number of hydrogen-bond donors (Lipinski definition) is 1. The Morgan fingerprint density at radius 1 is 1.21 bits per heavy atom. The van der Waals surface area contributed by atoms with Crippen molar-refractivity contribution in [2.75, 3.05) is 4.72 Å². The van der Waals surface area contributed by atoms with E-state index in [1.165, 1.54) is 18.2 Å². The Balaban J connectivity index is 2.35. The molecule has 0 aliphatic carbocycles. The summed E-state index contributed by atoms with van der Waals surface area (Å²) in [7, 11) is -3.72. The second-order valence-corrected chi connectivity index (χ2v) is 6.67. The van der Waals surface area contributed by atoms with Gasteiger partial charge >= 0.3 is 0 Å². The molecule has 19 heavy (non-hydrogen) atoms. The Hall–Kier alpha value is -1.18. The van der Waals surface area contributed by atoms with Crippen LogP contribution in [-0.2, 0) is 10.0 Å². The minimum Gasteiger partial charge on any atom is -0.262 e. The van der Waals surface area contributed by atoms with Crippen molar-refractivity contribution >= 4 is 43.4 Å². The van der Waals surface area contributed by atoms with Gasteiger partial charge in [-0.05, 0) is 52.7 Å². The molecule has 0 aliphatic rings. The highest BCUT2D eigenvalue weighted by atomic mass is 79.9. The van der Waals surface area contributed by atoms with Gasteiger partial charge in [-0.25, -0.2) is 8.42 Å². The Labute approximate surface area is 124 Å². The van der Waals surface area contributed by atoms with Crippen LogP contribution in [0.4, 0.5) is 5.82 Å². The Morgan fingerprint density at radius 2 is 1.95 bits per heavy atom. The number of nitrogens with zero attached hydrogens (tertiary/aromatic N) is 2. The highest BCUT2D eigenvalue weighted by Gasteiger charge is 2.18. The first-order valence-corrected chi connectivity index (χ1v) is 7.82. The SMILES string of the molecule is Cc1ccc(S(=O)(=O)Nc2ccc(Cl)nn2)c(Br)c1. The summed E-state index contributed by atoms with van der Waals surface area (Å²) in [5, 5.41) is 7.41. The van der Waals surface area contributed by atoms with Crippen molar-refractivity contribution < 1.29 is 8.42 Å². The van der Waals surface area contributed by atoms with Gasteiger partial charge in [0.05, 0.1) is 0 Å². The first-order valence-electron chi connectivity index (χ1n) is 5.17. The molecule has 0 spiro atoms. The van der Waals surface area contributed by atoms with Gasteiger partial charge in [0.15, 0.2) is 11.0 Å². The second kappa shape index (κ2) is 5.44.